The van der Waals surface area contributed by atoms with Crippen LogP contribution in [0.3, 0.4) is 0 Å². The molecule has 0 radical (unpaired) electrons. The van der Waals surface area contributed by atoms with E-state index in [1.54, 1.807) is 0 Å². The Labute approximate surface area is 226 Å². The van der Waals surface area contributed by atoms with Crippen molar-refractivity contribution in [2.75, 3.05) is 23.3 Å². The molecule has 3 aromatic rings. The summed E-state index contributed by atoms with van der Waals surface area (Å²) in [4.78, 5) is 3.35. The first-order chi connectivity index (χ1) is 19.0. The summed E-state index contributed by atoms with van der Waals surface area (Å²) in [5.41, 5.74) is 0.549. The number of anilines is 2. The smallest absolute Gasteiger partial charge is 0.406 e. The molecule has 2 N–H and O–H groups in total. The average molecular weight is 570 g/mol. The van der Waals surface area contributed by atoms with Gasteiger partial charge in [-0.25, -0.2) is 0 Å². The molecule has 0 unspecified atom stereocenters. The molecule has 1 saturated heterocycles. The van der Waals surface area contributed by atoms with Gasteiger partial charge in [0.05, 0.1) is 11.3 Å². The van der Waals surface area contributed by atoms with Gasteiger partial charge < -0.3 is 20.3 Å². The molecule has 0 spiro atoms. The van der Waals surface area contributed by atoms with Crippen molar-refractivity contribution in [2.24, 2.45) is 0 Å². The van der Waals surface area contributed by atoms with Crippen LogP contribution in [0.2, 0.25) is 0 Å². The molecule has 1 aliphatic heterocycles. The standard InChI is InChI=1S/C26H29F6N7O/c27-25(28,29)17-7-9-19(10-8-17)38-15-3-4-18(16-38)33-22-5-1-2-6-23(22)34-24-35-37-39(36-24)20-11-13-21(14-12-20)40-26(30,31)32/h7-14,18,22-23,33H,1-6,15-16H2,(H,34,36)/t18-,22+,23+/m0/s1. The number of alkyl halides is 6. The number of nitrogens with one attached hydrogen (secondary N) is 2. The van der Waals surface area contributed by atoms with Crippen LogP contribution >= 0.6 is 0 Å². The molecule has 5 rings (SSSR count). The lowest BCUT2D eigenvalue weighted by Crippen LogP contribution is -2.55. The number of tetrazole rings is 1. The molecule has 14 heteroatoms. The highest BCUT2D eigenvalue weighted by Crippen LogP contribution is 2.31. The Morgan fingerprint density at radius 3 is 2.15 bits per heavy atom. The van der Waals surface area contributed by atoms with Crippen molar-refractivity contribution in [2.45, 2.75) is 69.2 Å². The fraction of sp³-hybridized carbons (Fsp3) is 0.500. The fourth-order valence-corrected chi connectivity index (χ4v) is 5.34. The molecule has 0 bridgehead atoms. The van der Waals surface area contributed by atoms with E-state index in [0.717, 1.165) is 62.9 Å². The second-order valence-corrected chi connectivity index (χ2v) is 10.1. The van der Waals surface area contributed by atoms with Crippen LogP contribution < -0.4 is 20.3 Å². The third-order valence-corrected chi connectivity index (χ3v) is 7.23. The number of rotatable bonds is 7. The number of halogens is 6. The lowest BCUT2D eigenvalue weighted by atomic mass is 9.89. The fourth-order valence-electron chi connectivity index (χ4n) is 5.34. The van der Waals surface area contributed by atoms with E-state index in [-0.39, 0.29) is 23.9 Å². The molecule has 2 aliphatic rings. The van der Waals surface area contributed by atoms with Gasteiger partial charge in [0.1, 0.15) is 5.75 Å². The predicted molar refractivity (Wildman–Crippen MR) is 135 cm³/mol. The molecule has 1 aliphatic carbocycles. The first-order valence-electron chi connectivity index (χ1n) is 13.1. The number of piperidine rings is 1. The maximum Gasteiger partial charge on any atom is 0.573 e. The van der Waals surface area contributed by atoms with Gasteiger partial charge in [-0.1, -0.05) is 17.9 Å². The SMILES string of the molecule is FC(F)(F)Oc1ccc(-n2nnc(N[C@@H]3CCCC[C@H]3N[C@H]3CCCN(c4ccc(C(F)(F)F)cc4)C3)n2)cc1. The summed E-state index contributed by atoms with van der Waals surface area (Å²) >= 11 is 0. The van der Waals surface area contributed by atoms with Crippen molar-refractivity contribution < 1.29 is 31.1 Å². The molecular formula is C26H29F6N7O. The van der Waals surface area contributed by atoms with E-state index in [1.807, 2.05) is 0 Å². The van der Waals surface area contributed by atoms with E-state index in [2.05, 4.69) is 35.7 Å². The van der Waals surface area contributed by atoms with Gasteiger partial charge in [0.2, 0.25) is 0 Å². The molecule has 216 valence electrons. The van der Waals surface area contributed by atoms with E-state index in [9.17, 15) is 26.3 Å². The highest BCUT2D eigenvalue weighted by molar-refractivity contribution is 5.48. The van der Waals surface area contributed by atoms with Crippen LogP contribution in [0.15, 0.2) is 48.5 Å². The molecule has 2 heterocycles. The second kappa shape index (κ2) is 11.5. The van der Waals surface area contributed by atoms with Crippen LogP contribution in [0.5, 0.6) is 5.75 Å². The van der Waals surface area contributed by atoms with Gasteiger partial charge >= 0.3 is 12.5 Å². The lowest BCUT2D eigenvalue weighted by molar-refractivity contribution is -0.274. The zero-order chi connectivity index (χ0) is 28.3. The highest BCUT2D eigenvalue weighted by atomic mass is 19.4. The summed E-state index contributed by atoms with van der Waals surface area (Å²) in [6, 6.07) is 10.8. The summed E-state index contributed by atoms with van der Waals surface area (Å²) < 4.78 is 79.9. The van der Waals surface area contributed by atoms with E-state index in [4.69, 9.17) is 0 Å². The van der Waals surface area contributed by atoms with Crippen molar-refractivity contribution in [1.82, 2.24) is 25.5 Å². The quantitative estimate of drug-likeness (QED) is 0.361. The Bertz CT molecular complexity index is 1250. The summed E-state index contributed by atoms with van der Waals surface area (Å²) in [5.74, 6) is -0.0326. The van der Waals surface area contributed by atoms with E-state index in [0.29, 0.717) is 18.2 Å². The molecule has 3 atom stereocenters. The topological polar surface area (TPSA) is 80.1 Å². The Hall–Kier alpha value is -3.55. The van der Waals surface area contributed by atoms with Crippen LogP contribution in [-0.2, 0) is 6.18 Å². The van der Waals surface area contributed by atoms with Crippen molar-refractivity contribution in [3.63, 3.8) is 0 Å². The second-order valence-electron chi connectivity index (χ2n) is 10.1. The van der Waals surface area contributed by atoms with Crippen LogP contribution in [0.4, 0.5) is 38.0 Å². The predicted octanol–water partition coefficient (Wildman–Crippen LogP) is 5.56. The molecule has 1 saturated carbocycles. The van der Waals surface area contributed by atoms with Gasteiger partial charge in [-0.05, 0) is 79.4 Å². The van der Waals surface area contributed by atoms with Gasteiger partial charge in [0.15, 0.2) is 0 Å². The Morgan fingerprint density at radius 1 is 0.800 bits per heavy atom. The van der Waals surface area contributed by atoms with Crippen molar-refractivity contribution in [3.8, 4) is 11.4 Å². The summed E-state index contributed by atoms with van der Waals surface area (Å²) in [7, 11) is 0. The monoisotopic (exact) mass is 569 g/mol. The van der Waals surface area contributed by atoms with Crippen LogP contribution in [-0.4, -0.2) is 57.8 Å². The minimum absolute atomic E-state index is 0.0374. The number of hydrogen-bond acceptors (Lipinski definition) is 7. The lowest BCUT2D eigenvalue weighted by Gasteiger charge is -2.40. The van der Waals surface area contributed by atoms with Gasteiger partial charge in [0.25, 0.3) is 5.95 Å². The van der Waals surface area contributed by atoms with Crippen molar-refractivity contribution >= 4 is 11.6 Å². The first-order valence-corrected chi connectivity index (χ1v) is 13.1. The summed E-state index contributed by atoms with van der Waals surface area (Å²) in [6.45, 7) is 1.48. The van der Waals surface area contributed by atoms with Crippen LogP contribution in [0.25, 0.3) is 5.69 Å². The van der Waals surface area contributed by atoms with Gasteiger partial charge in [-0.3, -0.25) is 0 Å². The zero-order valence-electron chi connectivity index (χ0n) is 21.4. The Kier molecular flexibility index (Phi) is 8.06. The number of aromatic nitrogens is 4. The molecule has 0 amide bonds. The van der Waals surface area contributed by atoms with Crippen molar-refractivity contribution in [3.05, 3.63) is 54.1 Å². The summed E-state index contributed by atoms with van der Waals surface area (Å²) in [5, 5.41) is 19.5. The molecule has 40 heavy (non-hydrogen) atoms. The number of benzene rings is 2. The summed E-state index contributed by atoms with van der Waals surface area (Å²) in [6.07, 6.45) is -3.30. The largest absolute Gasteiger partial charge is 0.573 e. The van der Waals surface area contributed by atoms with Gasteiger partial charge in [0, 0.05) is 36.9 Å². The van der Waals surface area contributed by atoms with E-state index in [1.165, 1.54) is 41.2 Å². The number of ether oxygens (including phenoxy) is 1. The first kappa shape index (κ1) is 28.0. The van der Waals surface area contributed by atoms with Gasteiger partial charge in [-0.2, -0.15) is 13.2 Å². The third-order valence-electron chi connectivity index (χ3n) is 7.23. The van der Waals surface area contributed by atoms with Crippen LogP contribution in [0.1, 0.15) is 44.1 Å². The number of hydrogen-bond donors (Lipinski definition) is 2. The van der Waals surface area contributed by atoms with Crippen molar-refractivity contribution in [1.29, 1.82) is 0 Å². The molecule has 8 nitrogen and oxygen atoms in total. The van der Waals surface area contributed by atoms with E-state index < -0.39 is 18.1 Å². The molecule has 1 aromatic heterocycles. The molecular weight excluding hydrogens is 540 g/mol. The number of nitrogens with zero attached hydrogens (tertiary/aromatic N) is 5. The maximum absolute atomic E-state index is 12.9. The molecule has 2 fully saturated rings. The van der Waals surface area contributed by atoms with Gasteiger partial charge in [-0.15, -0.1) is 23.1 Å². The normalized spacial score (nSPS) is 22.2. The maximum atomic E-state index is 12.9. The van der Waals surface area contributed by atoms with E-state index >= 15 is 0 Å². The minimum atomic E-state index is -4.77. The minimum Gasteiger partial charge on any atom is -0.406 e. The average Bonchev–Trinajstić information content (AvgIpc) is 3.38. The molecule has 2 aromatic carbocycles. The van der Waals surface area contributed by atoms with Crippen LogP contribution in [0, 0.1) is 0 Å². The highest BCUT2D eigenvalue weighted by Gasteiger charge is 2.33. The zero-order valence-corrected chi connectivity index (χ0v) is 21.4. The third kappa shape index (κ3) is 7.14. The Balaban J connectivity index is 1.19. The Morgan fingerprint density at radius 2 is 1.48 bits per heavy atom.